The second-order valence-corrected chi connectivity index (χ2v) is 8.00. The highest BCUT2D eigenvalue weighted by atomic mass is 16.5. The number of rotatable bonds is 9. The molecule has 1 unspecified atom stereocenters. The van der Waals surface area contributed by atoms with Gasteiger partial charge in [0.05, 0.1) is 5.56 Å². The predicted molar refractivity (Wildman–Crippen MR) is 120 cm³/mol. The third-order valence-corrected chi connectivity index (χ3v) is 5.18. The minimum atomic E-state index is -0.0879. The molecule has 162 valence electrons. The number of anilines is 1. The second kappa shape index (κ2) is 10.9. The molecule has 7 heteroatoms. The van der Waals surface area contributed by atoms with E-state index in [4.69, 9.17) is 4.74 Å². The van der Waals surface area contributed by atoms with E-state index in [-0.39, 0.29) is 11.9 Å². The molecule has 0 aliphatic carbocycles. The number of piperazine rings is 1. The molecule has 0 bridgehead atoms. The molecular formula is C23H33N5O2. The molecule has 1 fully saturated rings. The Morgan fingerprint density at radius 1 is 1.13 bits per heavy atom. The van der Waals surface area contributed by atoms with Gasteiger partial charge in [-0.2, -0.15) is 0 Å². The SMILES string of the molecule is CC(CN1CCN(c2ccccn2)CC1)NC(=O)c1ccccc1OCCN(C)C. The number of hydrogen-bond acceptors (Lipinski definition) is 6. The van der Waals surface area contributed by atoms with Crippen molar-refractivity contribution in [3.8, 4) is 5.75 Å². The lowest BCUT2D eigenvalue weighted by Crippen LogP contribution is -2.51. The lowest BCUT2D eigenvalue weighted by atomic mass is 10.1. The number of benzene rings is 1. The smallest absolute Gasteiger partial charge is 0.255 e. The number of nitrogens with one attached hydrogen (secondary N) is 1. The zero-order valence-electron chi connectivity index (χ0n) is 18.3. The number of carbonyl (C=O) groups excluding carboxylic acids is 1. The van der Waals surface area contributed by atoms with Crippen LogP contribution in [0, 0.1) is 0 Å². The first kappa shape index (κ1) is 22.1. The van der Waals surface area contributed by atoms with Gasteiger partial charge in [-0.05, 0) is 45.3 Å². The molecular weight excluding hydrogens is 378 g/mol. The van der Waals surface area contributed by atoms with Gasteiger partial charge in [-0.25, -0.2) is 4.98 Å². The maximum absolute atomic E-state index is 12.8. The number of pyridine rings is 1. The highest BCUT2D eigenvalue weighted by Gasteiger charge is 2.21. The Kier molecular flexibility index (Phi) is 8.04. The second-order valence-electron chi connectivity index (χ2n) is 8.00. The van der Waals surface area contributed by atoms with Crippen LogP contribution in [0.4, 0.5) is 5.82 Å². The van der Waals surface area contributed by atoms with Crippen LogP contribution in [-0.2, 0) is 0 Å². The van der Waals surface area contributed by atoms with Crippen LogP contribution in [0.5, 0.6) is 5.75 Å². The van der Waals surface area contributed by atoms with Crippen molar-refractivity contribution in [3.63, 3.8) is 0 Å². The van der Waals surface area contributed by atoms with Crippen molar-refractivity contribution < 1.29 is 9.53 Å². The molecule has 0 spiro atoms. The fourth-order valence-corrected chi connectivity index (χ4v) is 3.55. The molecule has 1 N–H and O–H groups in total. The Hall–Kier alpha value is -2.64. The number of hydrogen-bond donors (Lipinski definition) is 1. The number of ether oxygens (including phenoxy) is 1. The van der Waals surface area contributed by atoms with E-state index < -0.39 is 0 Å². The summed E-state index contributed by atoms with van der Waals surface area (Å²) in [5.41, 5.74) is 0.586. The van der Waals surface area contributed by atoms with Crippen LogP contribution in [-0.4, -0.2) is 86.7 Å². The van der Waals surface area contributed by atoms with E-state index in [0.29, 0.717) is 17.9 Å². The minimum Gasteiger partial charge on any atom is -0.491 e. The summed E-state index contributed by atoms with van der Waals surface area (Å²) < 4.78 is 5.83. The molecule has 2 heterocycles. The molecule has 0 radical (unpaired) electrons. The molecule has 3 rings (SSSR count). The molecule has 1 aliphatic rings. The number of carbonyl (C=O) groups is 1. The molecule has 1 amide bonds. The summed E-state index contributed by atoms with van der Waals surface area (Å²) in [7, 11) is 4.00. The summed E-state index contributed by atoms with van der Waals surface area (Å²) in [5, 5.41) is 3.13. The van der Waals surface area contributed by atoms with Gasteiger partial charge in [-0.3, -0.25) is 9.69 Å². The van der Waals surface area contributed by atoms with Crippen molar-refractivity contribution in [1.82, 2.24) is 20.1 Å². The Bertz CT molecular complexity index is 791. The summed E-state index contributed by atoms with van der Waals surface area (Å²) in [6, 6.07) is 13.5. The fourth-order valence-electron chi connectivity index (χ4n) is 3.55. The third kappa shape index (κ3) is 6.43. The van der Waals surface area contributed by atoms with Gasteiger partial charge < -0.3 is 19.9 Å². The Labute approximate surface area is 179 Å². The topological polar surface area (TPSA) is 60.9 Å². The van der Waals surface area contributed by atoms with Crippen LogP contribution in [0.25, 0.3) is 0 Å². The van der Waals surface area contributed by atoms with E-state index in [0.717, 1.165) is 45.1 Å². The van der Waals surface area contributed by atoms with E-state index >= 15 is 0 Å². The van der Waals surface area contributed by atoms with E-state index in [9.17, 15) is 4.79 Å². The van der Waals surface area contributed by atoms with Crippen LogP contribution in [0.1, 0.15) is 17.3 Å². The van der Waals surface area contributed by atoms with Crippen molar-refractivity contribution in [2.45, 2.75) is 13.0 Å². The number of amides is 1. The van der Waals surface area contributed by atoms with E-state index in [1.165, 1.54) is 0 Å². The van der Waals surface area contributed by atoms with Crippen molar-refractivity contribution >= 4 is 11.7 Å². The van der Waals surface area contributed by atoms with Crippen molar-refractivity contribution in [2.75, 3.05) is 64.9 Å². The first-order valence-electron chi connectivity index (χ1n) is 10.6. The summed E-state index contributed by atoms with van der Waals surface area (Å²) in [6.07, 6.45) is 1.83. The van der Waals surface area contributed by atoms with Gasteiger partial charge >= 0.3 is 0 Å². The lowest BCUT2D eigenvalue weighted by Gasteiger charge is -2.36. The Morgan fingerprint density at radius 2 is 1.87 bits per heavy atom. The van der Waals surface area contributed by atoms with Crippen LogP contribution < -0.4 is 15.0 Å². The van der Waals surface area contributed by atoms with Gasteiger partial charge in [0.2, 0.25) is 0 Å². The van der Waals surface area contributed by atoms with Crippen molar-refractivity contribution in [2.24, 2.45) is 0 Å². The molecule has 1 aromatic carbocycles. The van der Waals surface area contributed by atoms with Crippen molar-refractivity contribution in [3.05, 3.63) is 54.2 Å². The van der Waals surface area contributed by atoms with Gasteiger partial charge in [0.15, 0.2) is 0 Å². The standard InChI is InChI=1S/C23H33N5O2/c1-19(18-27-12-14-28(15-13-27)22-10-6-7-11-24-22)25-23(29)20-8-4-5-9-21(20)30-17-16-26(2)3/h4-11,19H,12-18H2,1-3H3,(H,25,29). The zero-order chi connectivity index (χ0) is 21.3. The van der Waals surface area contributed by atoms with Gasteiger partial charge in [-0.1, -0.05) is 18.2 Å². The van der Waals surface area contributed by atoms with Crippen molar-refractivity contribution in [1.29, 1.82) is 0 Å². The van der Waals surface area contributed by atoms with Crippen LogP contribution in [0.15, 0.2) is 48.7 Å². The molecule has 30 heavy (non-hydrogen) atoms. The molecule has 1 saturated heterocycles. The van der Waals surface area contributed by atoms with Gasteiger partial charge in [-0.15, -0.1) is 0 Å². The van der Waals surface area contributed by atoms with Gasteiger partial charge in [0, 0.05) is 51.5 Å². The highest BCUT2D eigenvalue weighted by molar-refractivity contribution is 5.97. The first-order chi connectivity index (χ1) is 14.5. The van der Waals surface area contributed by atoms with Gasteiger partial charge in [0.1, 0.15) is 18.2 Å². The van der Waals surface area contributed by atoms with E-state index in [1.807, 2.05) is 56.7 Å². The monoisotopic (exact) mass is 411 g/mol. The lowest BCUT2D eigenvalue weighted by molar-refractivity contribution is 0.0923. The fraction of sp³-hybridized carbons (Fsp3) is 0.478. The third-order valence-electron chi connectivity index (χ3n) is 5.18. The molecule has 7 nitrogen and oxygen atoms in total. The van der Waals surface area contributed by atoms with Crippen LogP contribution in [0.2, 0.25) is 0 Å². The zero-order valence-corrected chi connectivity index (χ0v) is 18.3. The normalized spacial score (nSPS) is 15.8. The summed E-state index contributed by atoms with van der Waals surface area (Å²) in [5.74, 6) is 1.58. The Morgan fingerprint density at radius 3 is 2.57 bits per heavy atom. The quantitative estimate of drug-likeness (QED) is 0.681. The molecule has 2 aromatic rings. The molecule has 1 aromatic heterocycles. The molecule has 0 saturated carbocycles. The number of para-hydroxylation sites is 1. The number of likely N-dealkylation sites (N-methyl/N-ethyl adjacent to an activating group) is 1. The average Bonchev–Trinajstić information content (AvgIpc) is 2.75. The maximum atomic E-state index is 12.8. The highest BCUT2D eigenvalue weighted by Crippen LogP contribution is 2.18. The van der Waals surface area contributed by atoms with Gasteiger partial charge in [0.25, 0.3) is 5.91 Å². The van der Waals surface area contributed by atoms with Crippen LogP contribution in [0.3, 0.4) is 0 Å². The maximum Gasteiger partial charge on any atom is 0.255 e. The molecule has 1 aliphatic heterocycles. The van der Waals surface area contributed by atoms with E-state index in [1.54, 1.807) is 0 Å². The summed E-state index contributed by atoms with van der Waals surface area (Å²) in [4.78, 5) is 24.0. The average molecular weight is 412 g/mol. The Balaban J connectivity index is 1.47. The van der Waals surface area contributed by atoms with E-state index in [2.05, 4.69) is 38.0 Å². The minimum absolute atomic E-state index is 0.0498. The summed E-state index contributed by atoms with van der Waals surface area (Å²) in [6.45, 7) is 8.04. The van der Waals surface area contributed by atoms with Crippen LogP contribution >= 0.6 is 0 Å². The number of aromatic nitrogens is 1. The predicted octanol–water partition coefficient (Wildman–Crippen LogP) is 1.96. The summed E-state index contributed by atoms with van der Waals surface area (Å²) >= 11 is 0. The largest absolute Gasteiger partial charge is 0.491 e. The molecule has 1 atom stereocenters. The number of nitrogens with zero attached hydrogens (tertiary/aromatic N) is 4. The first-order valence-corrected chi connectivity index (χ1v) is 10.6.